The van der Waals surface area contributed by atoms with Crippen molar-refractivity contribution in [1.29, 1.82) is 0 Å². The highest BCUT2D eigenvalue weighted by Gasteiger charge is 2.19. The van der Waals surface area contributed by atoms with Crippen LogP contribution in [0.4, 0.5) is 15.2 Å². The molecule has 5 nitrogen and oxygen atoms in total. The molecule has 1 N–H and O–H groups in total. The molecule has 0 aliphatic rings. The fraction of sp³-hybridized carbons (Fsp3) is 0.154. The number of carbonyl (C=O) groups excluding carboxylic acids is 1. The van der Waals surface area contributed by atoms with Crippen LogP contribution >= 0.6 is 11.3 Å². The van der Waals surface area contributed by atoms with Crippen LogP contribution in [0, 0.1) is 5.82 Å². The Hall–Kier alpha value is -3.71. The Balaban J connectivity index is 1.58. The number of nitrogens with zero attached hydrogens (tertiary/aromatic N) is 2. The smallest absolute Gasteiger partial charge is 0.240 e. The molecule has 4 rings (SSSR count). The molecule has 0 saturated heterocycles. The van der Waals surface area contributed by atoms with Crippen LogP contribution in [0.1, 0.15) is 18.5 Å². The number of nitrogens with one attached hydrogen (secondary N) is 1. The molecule has 0 radical (unpaired) electrons. The van der Waals surface area contributed by atoms with Gasteiger partial charge in [0.1, 0.15) is 18.1 Å². The van der Waals surface area contributed by atoms with E-state index in [1.54, 1.807) is 19.2 Å². The van der Waals surface area contributed by atoms with E-state index in [0.29, 0.717) is 5.13 Å². The molecule has 1 aromatic heterocycles. The van der Waals surface area contributed by atoms with Gasteiger partial charge in [0.05, 0.1) is 18.8 Å². The monoisotopic (exact) mass is 461 g/mol. The third-order valence-electron chi connectivity index (χ3n) is 5.23. The molecule has 7 heteroatoms. The zero-order valence-corrected chi connectivity index (χ0v) is 19.2. The second-order valence-electron chi connectivity index (χ2n) is 7.51. The fourth-order valence-electron chi connectivity index (χ4n) is 3.43. The number of thiazole rings is 1. The van der Waals surface area contributed by atoms with Crippen LogP contribution in [0.25, 0.3) is 11.3 Å². The normalized spacial score (nSPS) is 11.6. The van der Waals surface area contributed by atoms with Crippen molar-refractivity contribution in [2.45, 2.75) is 13.0 Å². The summed E-state index contributed by atoms with van der Waals surface area (Å²) in [6.07, 6.45) is 0. The third kappa shape index (κ3) is 5.56. The van der Waals surface area contributed by atoms with Crippen LogP contribution in [-0.4, -0.2) is 24.5 Å². The van der Waals surface area contributed by atoms with E-state index in [1.807, 2.05) is 71.8 Å². The van der Waals surface area contributed by atoms with Crippen LogP contribution in [0.2, 0.25) is 0 Å². The van der Waals surface area contributed by atoms with E-state index in [9.17, 15) is 9.18 Å². The number of anilines is 2. The van der Waals surface area contributed by atoms with Crippen molar-refractivity contribution < 1.29 is 13.9 Å². The number of amides is 1. The molecule has 0 aliphatic heterocycles. The van der Waals surface area contributed by atoms with E-state index >= 15 is 0 Å². The van der Waals surface area contributed by atoms with Crippen molar-refractivity contribution in [3.8, 4) is 17.0 Å². The van der Waals surface area contributed by atoms with Gasteiger partial charge in [-0.2, -0.15) is 0 Å². The van der Waals surface area contributed by atoms with Gasteiger partial charge in [0.25, 0.3) is 0 Å². The van der Waals surface area contributed by atoms with Crippen molar-refractivity contribution in [1.82, 2.24) is 10.3 Å². The van der Waals surface area contributed by atoms with Gasteiger partial charge in [-0.15, -0.1) is 11.3 Å². The maximum Gasteiger partial charge on any atom is 0.240 e. The number of methoxy groups -OCH3 is 1. The molecule has 4 aromatic rings. The minimum absolute atomic E-state index is 0.0971. The lowest BCUT2D eigenvalue weighted by Crippen LogP contribution is -2.36. The maximum absolute atomic E-state index is 13.3. The lowest BCUT2D eigenvalue weighted by atomic mass is 10.1. The number of rotatable bonds is 8. The first-order valence-corrected chi connectivity index (χ1v) is 11.4. The minimum atomic E-state index is -0.293. The highest BCUT2D eigenvalue weighted by Crippen LogP contribution is 2.33. The van der Waals surface area contributed by atoms with E-state index in [1.165, 1.54) is 23.5 Å². The molecule has 0 saturated carbocycles. The summed E-state index contributed by atoms with van der Waals surface area (Å²) < 4.78 is 18.6. The molecular formula is C26H24FN3O2S. The van der Waals surface area contributed by atoms with Gasteiger partial charge in [0.15, 0.2) is 5.13 Å². The Morgan fingerprint density at radius 2 is 1.76 bits per heavy atom. The van der Waals surface area contributed by atoms with E-state index in [0.717, 1.165) is 28.3 Å². The van der Waals surface area contributed by atoms with Crippen LogP contribution < -0.4 is 15.0 Å². The molecule has 0 spiro atoms. The van der Waals surface area contributed by atoms with E-state index < -0.39 is 0 Å². The standard InChI is InChI=1S/C26H24FN3O2S/c1-18(19-6-4-3-5-7-19)28-25(31)16-30(22-12-14-23(32-2)15-13-22)26-29-24(17-33-26)20-8-10-21(27)11-9-20/h3-15,17-18H,16H2,1-2H3,(H,28,31)/t18-/m1/s1. The molecule has 0 bridgehead atoms. The lowest BCUT2D eigenvalue weighted by molar-refractivity contribution is -0.120. The van der Waals surface area contributed by atoms with Gasteiger partial charge in [0, 0.05) is 16.6 Å². The second-order valence-corrected chi connectivity index (χ2v) is 8.34. The van der Waals surface area contributed by atoms with Crippen molar-refractivity contribution in [2.75, 3.05) is 18.6 Å². The van der Waals surface area contributed by atoms with Crippen molar-refractivity contribution in [3.63, 3.8) is 0 Å². The van der Waals surface area contributed by atoms with Crippen molar-refractivity contribution >= 4 is 28.1 Å². The summed E-state index contributed by atoms with van der Waals surface area (Å²) in [5, 5.41) is 5.64. The van der Waals surface area contributed by atoms with Gasteiger partial charge in [-0.1, -0.05) is 30.3 Å². The Morgan fingerprint density at radius 1 is 1.06 bits per heavy atom. The number of carbonyl (C=O) groups is 1. The average Bonchev–Trinajstić information content (AvgIpc) is 3.33. The van der Waals surface area contributed by atoms with Crippen molar-refractivity contribution in [3.05, 3.63) is 95.6 Å². The summed E-state index contributed by atoms with van der Waals surface area (Å²) in [7, 11) is 1.61. The van der Waals surface area contributed by atoms with Gasteiger partial charge < -0.3 is 15.0 Å². The third-order valence-corrected chi connectivity index (χ3v) is 6.09. The SMILES string of the molecule is COc1ccc(N(CC(=O)N[C@H](C)c2ccccc2)c2nc(-c3ccc(F)cc3)cs2)cc1. The van der Waals surface area contributed by atoms with Gasteiger partial charge in [-0.3, -0.25) is 4.79 Å². The highest BCUT2D eigenvalue weighted by molar-refractivity contribution is 7.14. The Morgan fingerprint density at radius 3 is 2.42 bits per heavy atom. The Bertz CT molecular complexity index is 1190. The lowest BCUT2D eigenvalue weighted by Gasteiger charge is -2.23. The molecule has 33 heavy (non-hydrogen) atoms. The fourth-order valence-corrected chi connectivity index (χ4v) is 4.28. The largest absolute Gasteiger partial charge is 0.497 e. The van der Waals surface area contributed by atoms with Crippen LogP contribution in [0.5, 0.6) is 5.75 Å². The summed E-state index contributed by atoms with van der Waals surface area (Å²) in [4.78, 5) is 19.6. The zero-order valence-electron chi connectivity index (χ0n) is 18.4. The van der Waals surface area contributed by atoms with Crippen LogP contribution in [-0.2, 0) is 4.79 Å². The van der Waals surface area contributed by atoms with Crippen LogP contribution in [0.3, 0.4) is 0 Å². The number of aromatic nitrogens is 1. The average molecular weight is 462 g/mol. The Labute approximate surface area is 196 Å². The molecule has 168 valence electrons. The molecule has 1 amide bonds. The van der Waals surface area contributed by atoms with E-state index in [4.69, 9.17) is 9.72 Å². The first-order valence-electron chi connectivity index (χ1n) is 10.5. The Kier molecular flexibility index (Phi) is 7.00. The molecule has 1 heterocycles. The molecule has 0 unspecified atom stereocenters. The summed E-state index contributed by atoms with van der Waals surface area (Å²) >= 11 is 1.43. The summed E-state index contributed by atoms with van der Waals surface area (Å²) in [5.41, 5.74) is 3.40. The van der Waals surface area contributed by atoms with Gasteiger partial charge >= 0.3 is 0 Å². The summed E-state index contributed by atoms with van der Waals surface area (Å²) in [5.74, 6) is 0.311. The first-order chi connectivity index (χ1) is 16.0. The number of benzene rings is 3. The van der Waals surface area contributed by atoms with Crippen molar-refractivity contribution in [2.24, 2.45) is 0 Å². The topological polar surface area (TPSA) is 54.5 Å². The molecule has 0 fully saturated rings. The van der Waals surface area contributed by atoms with Gasteiger partial charge in [0.2, 0.25) is 5.91 Å². The predicted molar refractivity (Wildman–Crippen MR) is 131 cm³/mol. The molecule has 1 atom stereocenters. The number of hydrogen-bond acceptors (Lipinski definition) is 5. The molecule has 0 aliphatic carbocycles. The summed E-state index contributed by atoms with van der Waals surface area (Å²) in [6, 6.07) is 23.4. The van der Waals surface area contributed by atoms with Gasteiger partial charge in [-0.25, -0.2) is 9.37 Å². The van der Waals surface area contributed by atoms with E-state index in [2.05, 4.69) is 5.32 Å². The minimum Gasteiger partial charge on any atom is -0.497 e. The quantitative estimate of drug-likeness (QED) is 0.351. The first kappa shape index (κ1) is 22.5. The molecule has 3 aromatic carbocycles. The number of hydrogen-bond donors (Lipinski definition) is 1. The number of ether oxygens (including phenoxy) is 1. The van der Waals surface area contributed by atoms with Gasteiger partial charge in [-0.05, 0) is 61.0 Å². The second kappa shape index (κ2) is 10.3. The van der Waals surface area contributed by atoms with E-state index in [-0.39, 0.29) is 24.3 Å². The maximum atomic E-state index is 13.3. The number of halogens is 1. The predicted octanol–water partition coefficient (Wildman–Crippen LogP) is 5.97. The molecular weight excluding hydrogens is 437 g/mol. The van der Waals surface area contributed by atoms with Crippen LogP contribution in [0.15, 0.2) is 84.2 Å². The highest BCUT2D eigenvalue weighted by atomic mass is 32.1. The summed E-state index contributed by atoms with van der Waals surface area (Å²) in [6.45, 7) is 2.06. The zero-order chi connectivity index (χ0) is 23.2.